The predicted molar refractivity (Wildman–Crippen MR) is 97.6 cm³/mol. The molecule has 0 bridgehead atoms. The maximum Gasteiger partial charge on any atom is 0.418 e. The topological polar surface area (TPSA) is 87.7 Å². The fourth-order valence-electron chi connectivity index (χ4n) is 2.43. The first-order chi connectivity index (χ1) is 13.2. The highest BCUT2D eigenvalue weighted by molar-refractivity contribution is 6.04. The van der Waals surface area contributed by atoms with Crippen LogP contribution in [0.3, 0.4) is 0 Å². The van der Waals surface area contributed by atoms with E-state index < -0.39 is 24.2 Å². The quantitative estimate of drug-likeness (QED) is 0.596. The summed E-state index contributed by atoms with van der Waals surface area (Å²) in [6.07, 6.45) is -4.67. The normalized spacial score (nSPS) is 11.0. The summed E-state index contributed by atoms with van der Waals surface area (Å²) in [5, 5.41) is 13.7. The number of carbonyl (C=O) groups excluding carboxylic acids is 2. The van der Waals surface area contributed by atoms with Gasteiger partial charge in [0.15, 0.2) is 5.78 Å². The standard InChI is InChI=1S/C19H19F3N2O4/c1-12(26)14-4-2-3-5-16(14)24-18(27)11-23-17-7-6-13(28-9-8-25)10-15(17)19(20,21)22/h2-7,10,23,25H,8-9,11H2,1H3,(H,24,27). The summed E-state index contributed by atoms with van der Waals surface area (Å²) in [7, 11) is 0. The number of nitrogens with one attached hydrogen (secondary N) is 2. The number of amides is 1. The highest BCUT2D eigenvalue weighted by Crippen LogP contribution is 2.37. The Morgan fingerprint density at radius 1 is 1.11 bits per heavy atom. The number of aliphatic hydroxyl groups is 1. The van der Waals surface area contributed by atoms with E-state index in [0.29, 0.717) is 5.56 Å². The van der Waals surface area contributed by atoms with Gasteiger partial charge in [-0.1, -0.05) is 12.1 Å². The fourth-order valence-corrected chi connectivity index (χ4v) is 2.43. The Hall–Kier alpha value is -3.07. The smallest absolute Gasteiger partial charge is 0.418 e. The van der Waals surface area contributed by atoms with Gasteiger partial charge in [-0.2, -0.15) is 13.2 Å². The van der Waals surface area contributed by atoms with Crippen LogP contribution in [-0.4, -0.2) is 36.6 Å². The van der Waals surface area contributed by atoms with Crippen LogP contribution in [0.25, 0.3) is 0 Å². The van der Waals surface area contributed by atoms with Crippen molar-refractivity contribution in [2.75, 3.05) is 30.4 Å². The second-order valence-corrected chi connectivity index (χ2v) is 5.78. The fraction of sp³-hybridized carbons (Fsp3) is 0.263. The van der Waals surface area contributed by atoms with Crippen molar-refractivity contribution < 1.29 is 32.6 Å². The summed E-state index contributed by atoms with van der Waals surface area (Å²) in [6, 6.07) is 9.58. The number of ketones is 1. The molecule has 0 heterocycles. The van der Waals surface area contributed by atoms with Crippen molar-refractivity contribution in [3.8, 4) is 5.75 Å². The first kappa shape index (κ1) is 21.2. The van der Waals surface area contributed by atoms with Crippen LogP contribution in [0.4, 0.5) is 24.5 Å². The molecule has 150 valence electrons. The second-order valence-electron chi connectivity index (χ2n) is 5.78. The molecule has 28 heavy (non-hydrogen) atoms. The third kappa shape index (κ3) is 5.71. The number of Topliss-reactive ketones (excluding diaryl/α,β-unsaturated/α-hetero) is 1. The van der Waals surface area contributed by atoms with Gasteiger partial charge in [-0.3, -0.25) is 9.59 Å². The number of benzene rings is 2. The average Bonchev–Trinajstić information content (AvgIpc) is 2.64. The van der Waals surface area contributed by atoms with E-state index in [-0.39, 0.29) is 36.1 Å². The van der Waals surface area contributed by atoms with Gasteiger partial charge in [0.25, 0.3) is 0 Å². The van der Waals surface area contributed by atoms with Gasteiger partial charge in [0.2, 0.25) is 5.91 Å². The van der Waals surface area contributed by atoms with E-state index in [4.69, 9.17) is 9.84 Å². The van der Waals surface area contributed by atoms with Gasteiger partial charge >= 0.3 is 6.18 Å². The molecule has 3 N–H and O–H groups in total. The van der Waals surface area contributed by atoms with Crippen LogP contribution in [0, 0.1) is 0 Å². The van der Waals surface area contributed by atoms with E-state index in [1.54, 1.807) is 12.1 Å². The number of alkyl halides is 3. The number of rotatable bonds is 8. The Bertz CT molecular complexity index is 853. The number of ether oxygens (including phenoxy) is 1. The summed E-state index contributed by atoms with van der Waals surface area (Å²) in [4.78, 5) is 23.7. The van der Waals surface area contributed by atoms with E-state index in [1.165, 1.54) is 25.1 Å². The van der Waals surface area contributed by atoms with Crippen LogP contribution >= 0.6 is 0 Å². The number of halogens is 3. The summed E-state index contributed by atoms with van der Waals surface area (Å²) < 4.78 is 44.8. The summed E-state index contributed by atoms with van der Waals surface area (Å²) in [5.41, 5.74) is -0.707. The zero-order valence-electron chi connectivity index (χ0n) is 15.0. The molecule has 0 aromatic heterocycles. The number of para-hydroxylation sites is 1. The van der Waals surface area contributed by atoms with Gasteiger partial charge < -0.3 is 20.5 Å². The van der Waals surface area contributed by atoms with E-state index in [0.717, 1.165) is 12.1 Å². The summed E-state index contributed by atoms with van der Waals surface area (Å²) >= 11 is 0. The lowest BCUT2D eigenvalue weighted by atomic mass is 10.1. The first-order valence-electron chi connectivity index (χ1n) is 8.31. The molecule has 2 rings (SSSR count). The molecule has 0 radical (unpaired) electrons. The van der Waals surface area contributed by atoms with Gasteiger partial charge in [0.05, 0.1) is 24.4 Å². The molecule has 0 saturated heterocycles. The molecule has 0 atom stereocenters. The molecular formula is C19H19F3N2O4. The molecule has 1 amide bonds. The summed E-state index contributed by atoms with van der Waals surface area (Å²) in [5.74, 6) is -0.907. The third-order valence-electron chi connectivity index (χ3n) is 3.68. The van der Waals surface area contributed by atoms with E-state index >= 15 is 0 Å². The predicted octanol–water partition coefficient (Wildman–Crippen LogP) is 3.33. The monoisotopic (exact) mass is 396 g/mol. The number of hydrogen-bond acceptors (Lipinski definition) is 5. The SMILES string of the molecule is CC(=O)c1ccccc1NC(=O)CNc1ccc(OCCO)cc1C(F)(F)F. The van der Waals surface area contributed by atoms with Gasteiger partial charge in [0.1, 0.15) is 12.4 Å². The minimum absolute atomic E-state index is 0.0493. The van der Waals surface area contributed by atoms with Gasteiger partial charge in [-0.25, -0.2) is 0 Å². The molecule has 0 saturated carbocycles. The molecule has 9 heteroatoms. The Labute approximate surface area is 159 Å². The lowest BCUT2D eigenvalue weighted by Gasteiger charge is -2.16. The zero-order valence-corrected chi connectivity index (χ0v) is 15.0. The molecule has 2 aromatic rings. The zero-order chi connectivity index (χ0) is 20.7. The number of anilines is 2. The number of carbonyl (C=O) groups is 2. The lowest BCUT2D eigenvalue weighted by molar-refractivity contribution is -0.137. The van der Waals surface area contributed by atoms with Crippen LogP contribution in [0.1, 0.15) is 22.8 Å². The van der Waals surface area contributed by atoms with Crippen molar-refractivity contribution in [2.24, 2.45) is 0 Å². The Balaban J connectivity index is 2.11. The first-order valence-corrected chi connectivity index (χ1v) is 8.31. The van der Waals surface area contributed by atoms with Gasteiger partial charge in [-0.05, 0) is 37.3 Å². The maximum absolute atomic E-state index is 13.3. The number of hydrogen-bond donors (Lipinski definition) is 3. The van der Waals surface area contributed by atoms with E-state index in [1.807, 2.05) is 0 Å². The van der Waals surface area contributed by atoms with Crippen LogP contribution in [-0.2, 0) is 11.0 Å². The third-order valence-corrected chi connectivity index (χ3v) is 3.68. The van der Waals surface area contributed by atoms with Crippen LogP contribution in [0.15, 0.2) is 42.5 Å². The van der Waals surface area contributed by atoms with Crippen molar-refractivity contribution >= 4 is 23.1 Å². The Morgan fingerprint density at radius 3 is 2.46 bits per heavy atom. The molecule has 6 nitrogen and oxygen atoms in total. The molecule has 2 aromatic carbocycles. The van der Waals surface area contributed by atoms with Crippen LogP contribution in [0.5, 0.6) is 5.75 Å². The van der Waals surface area contributed by atoms with Gasteiger partial charge in [-0.15, -0.1) is 0 Å². The summed E-state index contributed by atoms with van der Waals surface area (Å²) in [6.45, 7) is 0.441. The Morgan fingerprint density at radius 2 is 1.82 bits per heavy atom. The van der Waals surface area contributed by atoms with E-state index in [9.17, 15) is 22.8 Å². The molecule has 0 fully saturated rings. The lowest BCUT2D eigenvalue weighted by Crippen LogP contribution is -2.24. The molecule has 0 aliphatic rings. The van der Waals surface area contributed by atoms with Crippen molar-refractivity contribution in [3.05, 3.63) is 53.6 Å². The number of aliphatic hydroxyl groups excluding tert-OH is 1. The Kier molecular flexibility index (Phi) is 7.00. The average molecular weight is 396 g/mol. The van der Waals surface area contributed by atoms with Crippen molar-refractivity contribution in [1.29, 1.82) is 0 Å². The minimum atomic E-state index is -4.67. The molecule has 0 unspecified atom stereocenters. The highest BCUT2D eigenvalue weighted by atomic mass is 19.4. The van der Waals surface area contributed by atoms with Crippen molar-refractivity contribution in [2.45, 2.75) is 13.1 Å². The van der Waals surface area contributed by atoms with Crippen LogP contribution in [0.2, 0.25) is 0 Å². The van der Waals surface area contributed by atoms with Crippen LogP contribution < -0.4 is 15.4 Å². The van der Waals surface area contributed by atoms with Crippen molar-refractivity contribution in [3.63, 3.8) is 0 Å². The minimum Gasteiger partial charge on any atom is -0.491 e. The van der Waals surface area contributed by atoms with E-state index in [2.05, 4.69) is 10.6 Å². The molecule has 0 aliphatic carbocycles. The largest absolute Gasteiger partial charge is 0.491 e. The second kappa shape index (κ2) is 9.23. The highest BCUT2D eigenvalue weighted by Gasteiger charge is 2.34. The molecule has 0 aliphatic heterocycles. The van der Waals surface area contributed by atoms with Crippen molar-refractivity contribution in [1.82, 2.24) is 0 Å². The molecular weight excluding hydrogens is 377 g/mol. The molecule has 0 spiro atoms. The maximum atomic E-state index is 13.3. The van der Waals surface area contributed by atoms with Gasteiger partial charge in [0, 0.05) is 11.3 Å².